The minimum atomic E-state index is -0.847. The summed E-state index contributed by atoms with van der Waals surface area (Å²) in [6, 6.07) is 8.47. The van der Waals surface area contributed by atoms with E-state index < -0.39 is 29.2 Å². The summed E-state index contributed by atoms with van der Waals surface area (Å²) < 4.78 is 32.4. The van der Waals surface area contributed by atoms with Gasteiger partial charge in [-0.05, 0) is 39.3 Å². The van der Waals surface area contributed by atoms with Gasteiger partial charge in [0.15, 0.2) is 0 Å². The van der Waals surface area contributed by atoms with Crippen molar-refractivity contribution in [1.29, 1.82) is 0 Å². The van der Waals surface area contributed by atoms with E-state index in [9.17, 15) is 18.4 Å². The number of nitrogens with zero attached hydrogens (tertiary/aromatic N) is 4. The molecule has 38 heavy (non-hydrogen) atoms. The number of rotatable bonds is 9. The average Bonchev–Trinajstić information content (AvgIpc) is 3.48. The van der Waals surface area contributed by atoms with Crippen LogP contribution in [0.25, 0.3) is 11.0 Å². The standard InChI is InChI=1S/C26H28F2N6O3S/c1-26(2,3)37-25(36)34(10-6-9-22-31-18-7-4-5-8-19(18)32-22)14-23-33-21(15-38-23)24(35)30-13-20-17(28)11-16(27)12-29-20/h4-5,7-8,11-12,15H,6,9-10,13-14H2,1-3H3,(H,30,35)(H,31,32). The molecule has 3 aromatic heterocycles. The van der Waals surface area contributed by atoms with Crippen LogP contribution in [0.5, 0.6) is 0 Å². The molecule has 1 aromatic carbocycles. The minimum Gasteiger partial charge on any atom is -0.444 e. The third kappa shape index (κ3) is 7.31. The summed E-state index contributed by atoms with van der Waals surface area (Å²) in [7, 11) is 0. The Morgan fingerprint density at radius 2 is 1.97 bits per heavy atom. The number of aromatic amines is 1. The second kappa shape index (κ2) is 11.6. The van der Waals surface area contributed by atoms with Crippen LogP contribution < -0.4 is 5.32 Å². The Morgan fingerprint density at radius 1 is 1.18 bits per heavy atom. The van der Waals surface area contributed by atoms with Gasteiger partial charge in [0, 0.05) is 24.4 Å². The molecule has 0 saturated carbocycles. The molecule has 0 bridgehead atoms. The third-order valence-electron chi connectivity index (χ3n) is 5.34. The fourth-order valence-corrected chi connectivity index (χ4v) is 4.39. The number of benzene rings is 1. The molecule has 0 fully saturated rings. The van der Waals surface area contributed by atoms with Gasteiger partial charge < -0.3 is 19.9 Å². The number of para-hydroxylation sites is 2. The van der Waals surface area contributed by atoms with Crippen molar-refractivity contribution in [1.82, 2.24) is 30.2 Å². The lowest BCUT2D eigenvalue weighted by atomic mass is 10.2. The van der Waals surface area contributed by atoms with Crippen molar-refractivity contribution in [2.24, 2.45) is 0 Å². The fraction of sp³-hybridized carbons (Fsp3) is 0.346. The second-order valence-corrected chi connectivity index (χ2v) is 10.5. The fourth-order valence-electron chi connectivity index (χ4n) is 3.60. The molecule has 0 atom stereocenters. The van der Waals surface area contributed by atoms with Crippen molar-refractivity contribution >= 4 is 34.4 Å². The molecule has 0 saturated heterocycles. The molecule has 0 aliphatic carbocycles. The molecule has 4 aromatic rings. The number of amides is 2. The van der Waals surface area contributed by atoms with Gasteiger partial charge >= 0.3 is 6.09 Å². The smallest absolute Gasteiger partial charge is 0.410 e. The number of aromatic nitrogens is 4. The molecular weight excluding hydrogens is 514 g/mol. The first-order valence-electron chi connectivity index (χ1n) is 12.0. The molecule has 0 radical (unpaired) electrons. The lowest BCUT2D eigenvalue weighted by molar-refractivity contribution is 0.0231. The zero-order valence-electron chi connectivity index (χ0n) is 21.3. The number of H-pyrrole nitrogens is 1. The van der Waals surface area contributed by atoms with E-state index in [1.807, 2.05) is 24.3 Å². The number of ether oxygens (including phenoxy) is 1. The van der Waals surface area contributed by atoms with E-state index in [2.05, 4.69) is 25.3 Å². The molecule has 0 aliphatic heterocycles. The van der Waals surface area contributed by atoms with Crippen LogP contribution in [0.3, 0.4) is 0 Å². The van der Waals surface area contributed by atoms with Crippen LogP contribution in [0.2, 0.25) is 0 Å². The highest BCUT2D eigenvalue weighted by Crippen LogP contribution is 2.18. The number of hydrogen-bond acceptors (Lipinski definition) is 7. The van der Waals surface area contributed by atoms with E-state index in [0.29, 0.717) is 30.5 Å². The Bertz CT molecular complexity index is 1400. The van der Waals surface area contributed by atoms with Gasteiger partial charge in [-0.15, -0.1) is 11.3 Å². The normalized spacial score (nSPS) is 11.5. The first kappa shape index (κ1) is 27.1. The summed E-state index contributed by atoms with van der Waals surface area (Å²) in [5.41, 5.74) is 1.21. The molecule has 3 heterocycles. The van der Waals surface area contributed by atoms with E-state index in [4.69, 9.17) is 4.74 Å². The molecule has 2 N–H and O–H groups in total. The van der Waals surface area contributed by atoms with Crippen molar-refractivity contribution in [3.63, 3.8) is 0 Å². The van der Waals surface area contributed by atoms with Crippen molar-refractivity contribution in [2.75, 3.05) is 6.54 Å². The van der Waals surface area contributed by atoms with E-state index in [1.165, 1.54) is 11.3 Å². The van der Waals surface area contributed by atoms with E-state index in [1.54, 1.807) is 31.1 Å². The van der Waals surface area contributed by atoms with Gasteiger partial charge in [0.25, 0.3) is 5.91 Å². The van der Waals surface area contributed by atoms with Crippen molar-refractivity contribution in [3.8, 4) is 0 Å². The van der Waals surface area contributed by atoms with Gasteiger partial charge in [-0.25, -0.2) is 23.5 Å². The maximum absolute atomic E-state index is 13.8. The Hall–Kier alpha value is -3.93. The minimum absolute atomic E-state index is 0.0873. The zero-order chi connectivity index (χ0) is 27.3. The maximum Gasteiger partial charge on any atom is 0.410 e. The lowest BCUT2D eigenvalue weighted by Crippen LogP contribution is -2.37. The van der Waals surface area contributed by atoms with Gasteiger partial charge in [0.05, 0.1) is 36.0 Å². The molecule has 9 nitrogen and oxygen atoms in total. The van der Waals surface area contributed by atoms with Gasteiger partial charge in [-0.2, -0.15) is 0 Å². The highest BCUT2D eigenvalue weighted by atomic mass is 32.1. The highest BCUT2D eigenvalue weighted by Gasteiger charge is 2.24. The van der Waals surface area contributed by atoms with Gasteiger partial charge in [0.1, 0.15) is 33.8 Å². The highest BCUT2D eigenvalue weighted by molar-refractivity contribution is 7.09. The molecule has 200 valence electrons. The zero-order valence-corrected chi connectivity index (χ0v) is 22.1. The number of carbonyl (C=O) groups excluding carboxylic acids is 2. The number of imidazole rings is 1. The summed E-state index contributed by atoms with van der Waals surface area (Å²) in [5, 5.41) is 4.62. The summed E-state index contributed by atoms with van der Waals surface area (Å²) in [5.74, 6) is -1.35. The van der Waals surface area contributed by atoms with Gasteiger partial charge in [-0.1, -0.05) is 12.1 Å². The van der Waals surface area contributed by atoms with Crippen molar-refractivity contribution < 1.29 is 23.1 Å². The second-order valence-electron chi connectivity index (χ2n) is 9.60. The Balaban J connectivity index is 1.38. The first-order valence-corrected chi connectivity index (χ1v) is 12.9. The monoisotopic (exact) mass is 542 g/mol. The number of hydrogen-bond donors (Lipinski definition) is 2. The molecular formula is C26H28F2N6O3S. The Kier molecular flexibility index (Phi) is 8.30. The van der Waals surface area contributed by atoms with Crippen LogP contribution in [0.4, 0.5) is 13.6 Å². The van der Waals surface area contributed by atoms with E-state index >= 15 is 0 Å². The van der Waals surface area contributed by atoms with Crippen LogP contribution in [-0.2, 0) is 24.2 Å². The Labute approximate surface area is 222 Å². The van der Waals surface area contributed by atoms with Crippen molar-refractivity contribution in [3.05, 3.63) is 75.8 Å². The quantitative estimate of drug-likeness (QED) is 0.308. The predicted molar refractivity (Wildman–Crippen MR) is 138 cm³/mol. The number of fused-ring (bicyclic) bond motifs is 1. The molecule has 4 rings (SSSR count). The first-order chi connectivity index (χ1) is 18.1. The van der Waals surface area contributed by atoms with Crippen LogP contribution in [-0.4, -0.2) is 49.0 Å². The van der Waals surface area contributed by atoms with Crippen LogP contribution in [0.1, 0.15) is 54.2 Å². The van der Waals surface area contributed by atoms with E-state index in [-0.39, 0.29) is 24.5 Å². The lowest BCUT2D eigenvalue weighted by Gasteiger charge is -2.26. The van der Waals surface area contributed by atoms with Crippen molar-refractivity contribution in [2.45, 2.75) is 52.3 Å². The number of halogens is 2. The number of pyridine rings is 1. The van der Waals surface area contributed by atoms with Gasteiger partial charge in [0.2, 0.25) is 0 Å². The molecule has 12 heteroatoms. The van der Waals surface area contributed by atoms with Crippen LogP contribution >= 0.6 is 11.3 Å². The third-order valence-corrected chi connectivity index (χ3v) is 6.18. The van der Waals surface area contributed by atoms with Crippen LogP contribution in [0, 0.1) is 11.6 Å². The number of aryl methyl sites for hydroxylation is 1. The summed E-state index contributed by atoms with van der Waals surface area (Å²) in [6.45, 7) is 5.71. The van der Waals surface area contributed by atoms with Crippen LogP contribution in [0.15, 0.2) is 41.9 Å². The largest absolute Gasteiger partial charge is 0.444 e. The molecule has 0 unspecified atom stereocenters. The van der Waals surface area contributed by atoms with Gasteiger partial charge in [-0.3, -0.25) is 9.78 Å². The number of nitrogens with one attached hydrogen (secondary N) is 2. The predicted octanol–water partition coefficient (Wildman–Crippen LogP) is 4.99. The summed E-state index contributed by atoms with van der Waals surface area (Å²) in [6.07, 6.45) is 1.66. The molecule has 0 aliphatic rings. The number of thiazole rings is 1. The van der Waals surface area contributed by atoms with E-state index in [0.717, 1.165) is 23.1 Å². The summed E-state index contributed by atoms with van der Waals surface area (Å²) in [4.78, 5) is 42.8. The molecule has 2 amide bonds. The average molecular weight is 543 g/mol. The number of carbonyl (C=O) groups is 2. The summed E-state index contributed by atoms with van der Waals surface area (Å²) >= 11 is 1.22. The molecule has 0 spiro atoms. The maximum atomic E-state index is 13.8. The Morgan fingerprint density at radius 3 is 2.71 bits per heavy atom. The topological polar surface area (TPSA) is 113 Å². The SMILES string of the molecule is CC(C)(C)OC(=O)N(CCCc1nc2ccccc2[nH]1)Cc1nc(C(=O)NCc2ncc(F)cc2F)cs1.